The summed E-state index contributed by atoms with van der Waals surface area (Å²) in [5, 5.41) is 0.754. The van der Waals surface area contributed by atoms with Gasteiger partial charge in [-0.05, 0) is 30.3 Å². The van der Waals surface area contributed by atoms with E-state index in [-0.39, 0.29) is 5.02 Å². The van der Waals surface area contributed by atoms with Gasteiger partial charge < -0.3 is 4.74 Å². The van der Waals surface area contributed by atoms with Crippen molar-refractivity contribution in [1.29, 1.82) is 0 Å². The van der Waals surface area contributed by atoms with Crippen molar-refractivity contribution >= 4 is 29.2 Å². The molecule has 0 aliphatic heterocycles. The van der Waals surface area contributed by atoms with E-state index >= 15 is 0 Å². The van der Waals surface area contributed by atoms with Crippen LogP contribution in [0.2, 0.25) is 10.0 Å². The maximum absolute atomic E-state index is 11.8. The van der Waals surface area contributed by atoms with Crippen LogP contribution in [0, 0.1) is 0 Å². The number of halogens is 2. The van der Waals surface area contributed by atoms with E-state index in [2.05, 4.69) is 0 Å². The third-order valence-electron chi connectivity index (χ3n) is 2.10. The lowest BCUT2D eigenvalue weighted by Gasteiger charge is -2.05. The molecule has 0 spiro atoms. The highest BCUT2D eigenvalue weighted by atomic mass is 35.5. The van der Waals surface area contributed by atoms with Crippen LogP contribution in [0.4, 0.5) is 0 Å². The highest BCUT2D eigenvalue weighted by Crippen LogP contribution is 2.22. The Balaban J connectivity index is 2.21. The lowest BCUT2D eigenvalue weighted by Crippen LogP contribution is -2.08. The first-order chi connectivity index (χ1) is 8.16. The Labute approximate surface area is 109 Å². The minimum atomic E-state index is -0.502. The molecule has 0 aliphatic rings. The molecule has 0 N–H and O–H groups in total. The maximum Gasteiger partial charge on any atom is 0.345 e. The number of esters is 1. The van der Waals surface area contributed by atoms with E-state index in [0.717, 1.165) is 0 Å². The third-order valence-corrected chi connectivity index (χ3v) is 2.65. The number of para-hydroxylation sites is 1. The molecular formula is C13H8Cl2O2. The first kappa shape index (κ1) is 12.0. The van der Waals surface area contributed by atoms with E-state index in [0.29, 0.717) is 16.3 Å². The van der Waals surface area contributed by atoms with Crippen molar-refractivity contribution in [2.24, 2.45) is 0 Å². The molecule has 86 valence electrons. The average Bonchev–Trinajstić information content (AvgIpc) is 2.30. The average molecular weight is 267 g/mol. The van der Waals surface area contributed by atoms with Crippen molar-refractivity contribution in [3.8, 4) is 5.75 Å². The van der Waals surface area contributed by atoms with Crippen LogP contribution >= 0.6 is 23.2 Å². The lowest BCUT2D eigenvalue weighted by molar-refractivity contribution is 0.0735. The summed E-state index contributed by atoms with van der Waals surface area (Å²) in [7, 11) is 0. The topological polar surface area (TPSA) is 26.3 Å². The molecule has 2 rings (SSSR count). The zero-order valence-electron chi connectivity index (χ0n) is 8.69. The predicted octanol–water partition coefficient (Wildman–Crippen LogP) is 4.21. The predicted molar refractivity (Wildman–Crippen MR) is 67.9 cm³/mol. The summed E-state index contributed by atoms with van der Waals surface area (Å²) in [6.45, 7) is 0. The molecule has 0 atom stereocenters. The minimum absolute atomic E-state index is 0.276. The molecule has 0 saturated heterocycles. The largest absolute Gasteiger partial charge is 0.423 e. The zero-order chi connectivity index (χ0) is 12.3. The minimum Gasteiger partial charge on any atom is -0.423 e. The summed E-state index contributed by atoms with van der Waals surface area (Å²) < 4.78 is 5.15. The van der Waals surface area contributed by atoms with Gasteiger partial charge in [-0.25, -0.2) is 4.79 Å². The van der Waals surface area contributed by atoms with Crippen LogP contribution in [0.5, 0.6) is 5.75 Å². The van der Waals surface area contributed by atoms with Crippen LogP contribution in [0.1, 0.15) is 10.4 Å². The van der Waals surface area contributed by atoms with Gasteiger partial charge in [-0.2, -0.15) is 0 Å². The van der Waals surface area contributed by atoms with Crippen LogP contribution in [0.15, 0.2) is 48.5 Å². The number of hydrogen-bond acceptors (Lipinski definition) is 2. The van der Waals surface area contributed by atoms with Gasteiger partial charge in [0, 0.05) is 5.02 Å². The second-order valence-corrected chi connectivity index (χ2v) is 4.17. The molecule has 2 aromatic carbocycles. The number of carbonyl (C=O) groups excluding carboxylic acids is 1. The Morgan fingerprint density at radius 1 is 1.00 bits per heavy atom. The van der Waals surface area contributed by atoms with E-state index in [1.165, 1.54) is 12.1 Å². The Bertz CT molecular complexity index is 538. The molecule has 2 aromatic rings. The molecule has 0 radical (unpaired) electrons. The molecule has 0 bridgehead atoms. The first-order valence-electron chi connectivity index (χ1n) is 4.89. The summed E-state index contributed by atoms with van der Waals surface area (Å²) in [4.78, 5) is 11.8. The Morgan fingerprint density at radius 2 is 1.71 bits per heavy atom. The van der Waals surface area contributed by atoms with Crippen LogP contribution in [-0.4, -0.2) is 5.97 Å². The number of hydrogen-bond donors (Lipinski definition) is 0. The summed E-state index contributed by atoms with van der Waals surface area (Å²) in [5.74, 6) is -0.0265. The molecule has 0 unspecified atom stereocenters. The standard InChI is InChI=1S/C13H8Cl2O2/c14-9-6-7-11(12(15)8-9)13(16)17-10-4-2-1-3-5-10/h1-8H. The van der Waals surface area contributed by atoms with E-state index in [4.69, 9.17) is 27.9 Å². The van der Waals surface area contributed by atoms with Crippen LogP contribution < -0.4 is 4.74 Å². The molecule has 0 saturated carbocycles. The fourth-order valence-electron chi connectivity index (χ4n) is 1.31. The van der Waals surface area contributed by atoms with Crippen molar-refractivity contribution in [3.63, 3.8) is 0 Å². The van der Waals surface area contributed by atoms with Gasteiger partial charge in [0.05, 0.1) is 10.6 Å². The summed E-state index contributed by atoms with van der Waals surface area (Å²) >= 11 is 11.7. The van der Waals surface area contributed by atoms with Gasteiger partial charge in [0.15, 0.2) is 0 Å². The number of rotatable bonds is 2. The highest BCUT2D eigenvalue weighted by Gasteiger charge is 2.12. The summed E-state index contributed by atoms with van der Waals surface area (Å²) in [5.41, 5.74) is 0.292. The van der Waals surface area contributed by atoms with E-state index in [1.54, 1.807) is 30.3 Å². The number of benzene rings is 2. The Morgan fingerprint density at radius 3 is 2.35 bits per heavy atom. The van der Waals surface area contributed by atoms with Crippen LogP contribution in [0.25, 0.3) is 0 Å². The van der Waals surface area contributed by atoms with Crippen molar-refractivity contribution in [1.82, 2.24) is 0 Å². The molecule has 0 aliphatic carbocycles. The zero-order valence-corrected chi connectivity index (χ0v) is 10.2. The second-order valence-electron chi connectivity index (χ2n) is 3.33. The molecule has 0 fully saturated rings. The number of carbonyl (C=O) groups is 1. The Hall–Kier alpha value is -1.51. The summed E-state index contributed by atoms with van der Waals surface area (Å²) in [6.07, 6.45) is 0. The fraction of sp³-hybridized carbons (Fsp3) is 0. The lowest BCUT2D eigenvalue weighted by atomic mass is 10.2. The highest BCUT2D eigenvalue weighted by molar-refractivity contribution is 6.36. The molecule has 0 amide bonds. The van der Waals surface area contributed by atoms with E-state index < -0.39 is 5.97 Å². The third kappa shape index (κ3) is 2.99. The molecule has 0 heterocycles. The number of ether oxygens (including phenoxy) is 1. The van der Waals surface area contributed by atoms with Gasteiger partial charge in [-0.3, -0.25) is 0 Å². The maximum atomic E-state index is 11.8. The summed E-state index contributed by atoms with van der Waals surface area (Å²) in [6, 6.07) is 13.4. The molecular weight excluding hydrogens is 259 g/mol. The van der Waals surface area contributed by atoms with Crippen LogP contribution in [0.3, 0.4) is 0 Å². The molecule has 17 heavy (non-hydrogen) atoms. The smallest absolute Gasteiger partial charge is 0.345 e. The van der Waals surface area contributed by atoms with E-state index in [9.17, 15) is 4.79 Å². The van der Waals surface area contributed by atoms with Gasteiger partial charge in [-0.1, -0.05) is 41.4 Å². The van der Waals surface area contributed by atoms with E-state index in [1.807, 2.05) is 6.07 Å². The van der Waals surface area contributed by atoms with Crippen molar-refractivity contribution in [3.05, 3.63) is 64.1 Å². The van der Waals surface area contributed by atoms with Crippen molar-refractivity contribution < 1.29 is 9.53 Å². The molecule has 2 nitrogen and oxygen atoms in total. The quantitative estimate of drug-likeness (QED) is 0.601. The van der Waals surface area contributed by atoms with Gasteiger partial charge in [0.25, 0.3) is 0 Å². The van der Waals surface area contributed by atoms with Gasteiger partial charge >= 0.3 is 5.97 Å². The SMILES string of the molecule is O=C(Oc1ccccc1)c1ccc(Cl)cc1Cl. The molecule has 0 aromatic heterocycles. The first-order valence-corrected chi connectivity index (χ1v) is 5.64. The monoisotopic (exact) mass is 266 g/mol. The van der Waals surface area contributed by atoms with Gasteiger partial charge in [-0.15, -0.1) is 0 Å². The molecule has 4 heteroatoms. The second kappa shape index (κ2) is 5.21. The van der Waals surface area contributed by atoms with Gasteiger partial charge in [0.2, 0.25) is 0 Å². The van der Waals surface area contributed by atoms with Crippen molar-refractivity contribution in [2.45, 2.75) is 0 Å². The normalized spacial score (nSPS) is 10.0. The Kier molecular flexibility index (Phi) is 3.67. The fourth-order valence-corrected chi connectivity index (χ4v) is 1.79. The van der Waals surface area contributed by atoms with Gasteiger partial charge in [0.1, 0.15) is 5.75 Å². The van der Waals surface area contributed by atoms with Crippen LogP contribution in [-0.2, 0) is 0 Å². The van der Waals surface area contributed by atoms with Crippen molar-refractivity contribution in [2.75, 3.05) is 0 Å².